The van der Waals surface area contributed by atoms with Crippen molar-refractivity contribution in [2.24, 2.45) is 0 Å². The van der Waals surface area contributed by atoms with Gasteiger partial charge in [-0.05, 0) is 42.7 Å². The number of aliphatic hydroxyl groups excluding tert-OH is 1. The topological polar surface area (TPSA) is 85.3 Å². The summed E-state index contributed by atoms with van der Waals surface area (Å²) in [7, 11) is 2.93. The van der Waals surface area contributed by atoms with E-state index in [9.17, 15) is 14.7 Å². The van der Waals surface area contributed by atoms with Crippen LogP contribution < -0.4 is 14.2 Å². The molecule has 1 amide bonds. The monoisotopic (exact) mass is 439 g/mol. The third-order valence-corrected chi connectivity index (χ3v) is 5.34. The van der Waals surface area contributed by atoms with Gasteiger partial charge in [-0.15, -0.1) is 0 Å². The highest BCUT2D eigenvalue weighted by Gasteiger charge is 2.46. The van der Waals surface area contributed by atoms with Crippen molar-refractivity contribution in [1.82, 2.24) is 4.90 Å². The lowest BCUT2D eigenvalue weighted by atomic mass is 9.94. The van der Waals surface area contributed by atoms with E-state index in [0.29, 0.717) is 42.4 Å². The van der Waals surface area contributed by atoms with Crippen LogP contribution in [0.1, 0.15) is 43.9 Å². The molecule has 0 aliphatic carbocycles. The zero-order chi connectivity index (χ0) is 23.3. The van der Waals surface area contributed by atoms with Crippen LogP contribution in [0.15, 0.2) is 48.0 Å². The van der Waals surface area contributed by atoms with Crippen LogP contribution in [0.2, 0.25) is 0 Å². The van der Waals surface area contributed by atoms with E-state index in [1.807, 2.05) is 26.0 Å². The summed E-state index contributed by atoms with van der Waals surface area (Å²) in [5, 5.41) is 11.3. The molecule has 1 unspecified atom stereocenters. The number of hydrogen-bond acceptors (Lipinski definition) is 6. The van der Waals surface area contributed by atoms with E-state index in [1.54, 1.807) is 30.3 Å². The molecule has 2 aromatic carbocycles. The Morgan fingerprint density at radius 1 is 0.969 bits per heavy atom. The summed E-state index contributed by atoms with van der Waals surface area (Å²) in [5.74, 6) is -0.322. The standard InChI is InChI=1S/C25H29NO6/c1-5-14-26-22(16-10-12-17(13-11-16)32-15-6-2)21(24(28)25(26)29)23(27)20-18(30-3)8-7-9-19(20)31-4/h7-13,22,27H,5-6,14-15H2,1-4H3/b23-21+. The van der Waals surface area contributed by atoms with Gasteiger partial charge < -0.3 is 24.2 Å². The molecule has 3 rings (SSSR count). The smallest absolute Gasteiger partial charge is 0.295 e. The Morgan fingerprint density at radius 3 is 2.12 bits per heavy atom. The average molecular weight is 440 g/mol. The number of ether oxygens (including phenoxy) is 3. The molecule has 0 saturated carbocycles. The lowest BCUT2D eigenvalue weighted by Gasteiger charge is -2.25. The first kappa shape index (κ1) is 23.2. The second kappa shape index (κ2) is 10.2. The van der Waals surface area contributed by atoms with Crippen molar-refractivity contribution < 1.29 is 28.9 Å². The fourth-order valence-electron chi connectivity index (χ4n) is 3.88. The van der Waals surface area contributed by atoms with E-state index in [4.69, 9.17) is 14.2 Å². The van der Waals surface area contributed by atoms with Crippen LogP contribution in [-0.2, 0) is 9.59 Å². The number of nitrogens with zero attached hydrogens (tertiary/aromatic N) is 1. The third-order valence-electron chi connectivity index (χ3n) is 5.34. The van der Waals surface area contributed by atoms with Crippen molar-refractivity contribution in [1.29, 1.82) is 0 Å². The second-order valence-corrected chi connectivity index (χ2v) is 7.45. The zero-order valence-corrected chi connectivity index (χ0v) is 18.9. The molecule has 170 valence electrons. The number of methoxy groups -OCH3 is 2. The Labute approximate surface area is 188 Å². The molecular formula is C25H29NO6. The van der Waals surface area contributed by atoms with Gasteiger partial charge in [0, 0.05) is 6.54 Å². The predicted molar refractivity (Wildman–Crippen MR) is 121 cm³/mol. The lowest BCUT2D eigenvalue weighted by molar-refractivity contribution is -0.139. The molecule has 32 heavy (non-hydrogen) atoms. The van der Waals surface area contributed by atoms with E-state index in [2.05, 4.69) is 0 Å². The molecule has 0 spiro atoms. The first-order valence-electron chi connectivity index (χ1n) is 10.7. The highest BCUT2D eigenvalue weighted by atomic mass is 16.5. The zero-order valence-electron chi connectivity index (χ0n) is 18.9. The van der Waals surface area contributed by atoms with Crippen LogP contribution in [0.3, 0.4) is 0 Å². The molecule has 0 aromatic heterocycles. The highest BCUT2D eigenvalue weighted by molar-refractivity contribution is 6.46. The molecule has 1 aliphatic rings. The summed E-state index contributed by atoms with van der Waals surface area (Å²) < 4.78 is 16.4. The number of aliphatic hydroxyl groups is 1. The van der Waals surface area contributed by atoms with Crippen LogP contribution in [0.25, 0.3) is 5.76 Å². The number of likely N-dealkylation sites (tertiary alicyclic amines) is 1. The molecule has 7 heteroatoms. The summed E-state index contributed by atoms with van der Waals surface area (Å²) >= 11 is 0. The summed E-state index contributed by atoms with van der Waals surface area (Å²) in [5.41, 5.74) is 0.949. The number of amides is 1. The van der Waals surface area contributed by atoms with Gasteiger partial charge in [0.1, 0.15) is 28.6 Å². The fourth-order valence-corrected chi connectivity index (χ4v) is 3.88. The third kappa shape index (κ3) is 4.28. The number of hydrogen-bond donors (Lipinski definition) is 1. The minimum absolute atomic E-state index is 0.00785. The maximum absolute atomic E-state index is 13.1. The molecule has 1 atom stereocenters. The predicted octanol–water partition coefficient (Wildman–Crippen LogP) is 4.32. The molecule has 2 aromatic rings. The fraction of sp³-hybridized carbons (Fsp3) is 0.360. The molecule has 1 aliphatic heterocycles. The minimum atomic E-state index is -0.736. The maximum Gasteiger partial charge on any atom is 0.295 e. The molecule has 1 saturated heterocycles. The highest BCUT2D eigenvalue weighted by Crippen LogP contribution is 2.43. The summed E-state index contributed by atoms with van der Waals surface area (Å²) in [4.78, 5) is 27.5. The van der Waals surface area contributed by atoms with E-state index >= 15 is 0 Å². The van der Waals surface area contributed by atoms with E-state index in [1.165, 1.54) is 19.1 Å². The number of carbonyl (C=O) groups excluding carboxylic acids is 2. The van der Waals surface area contributed by atoms with Crippen LogP contribution >= 0.6 is 0 Å². The Hall–Kier alpha value is -3.48. The normalized spacial score (nSPS) is 17.5. The van der Waals surface area contributed by atoms with E-state index in [-0.39, 0.29) is 16.9 Å². The van der Waals surface area contributed by atoms with Gasteiger partial charge in [-0.1, -0.05) is 32.0 Å². The van der Waals surface area contributed by atoms with Crippen molar-refractivity contribution in [3.05, 3.63) is 59.2 Å². The van der Waals surface area contributed by atoms with Gasteiger partial charge in [0.25, 0.3) is 11.7 Å². The number of ketones is 1. The minimum Gasteiger partial charge on any atom is -0.506 e. The lowest BCUT2D eigenvalue weighted by Crippen LogP contribution is -2.30. The number of benzene rings is 2. The number of Topliss-reactive ketones (excluding diaryl/α,β-unsaturated/α-hetero) is 1. The number of rotatable bonds is 9. The molecule has 0 bridgehead atoms. The van der Waals surface area contributed by atoms with Crippen LogP contribution in [-0.4, -0.2) is 49.1 Å². The Balaban J connectivity index is 2.18. The number of carbonyl (C=O) groups is 2. The average Bonchev–Trinajstić information content (AvgIpc) is 3.07. The Bertz CT molecular complexity index is 989. The van der Waals surface area contributed by atoms with Crippen molar-refractivity contribution in [2.45, 2.75) is 32.7 Å². The summed E-state index contributed by atoms with van der Waals surface area (Å²) in [6.45, 7) is 4.93. The molecule has 1 heterocycles. The van der Waals surface area contributed by atoms with Crippen molar-refractivity contribution in [3.63, 3.8) is 0 Å². The second-order valence-electron chi connectivity index (χ2n) is 7.45. The van der Waals surface area contributed by atoms with Crippen LogP contribution in [0, 0.1) is 0 Å². The van der Waals surface area contributed by atoms with Gasteiger partial charge in [0.15, 0.2) is 0 Å². The molecule has 1 N–H and O–H groups in total. The van der Waals surface area contributed by atoms with Crippen molar-refractivity contribution in [2.75, 3.05) is 27.4 Å². The van der Waals surface area contributed by atoms with Gasteiger partial charge in [-0.3, -0.25) is 9.59 Å². The first-order chi connectivity index (χ1) is 15.5. The van der Waals surface area contributed by atoms with Crippen molar-refractivity contribution >= 4 is 17.4 Å². The van der Waals surface area contributed by atoms with Gasteiger partial charge in [-0.25, -0.2) is 0 Å². The van der Waals surface area contributed by atoms with Gasteiger partial charge >= 0.3 is 0 Å². The quantitative estimate of drug-likeness (QED) is 0.356. The van der Waals surface area contributed by atoms with Crippen LogP contribution in [0.4, 0.5) is 0 Å². The maximum atomic E-state index is 13.1. The Kier molecular flexibility index (Phi) is 7.41. The largest absolute Gasteiger partial charge is 0.506 e. The molecule has 0 radical (unpaired) electrons. The molecule has 7 nitrogen and oxygen atoms in total. The Morgan fingerprint density at radius 2 is 1.59 bits per heavy atom. The first-order valence-corrected chi connectivity index (χ1v) is 10.7. The summed E-state index contributed by atoms with van der Waals surface area (Å²) in [6, 6.07) is 11.6. The van der Waals surface area contributed by atoms with E-state index < -0.39 is 17.7 Å². The van der Waals surface area contributed by atoms with Crippen molar-refractivity contribution in [3.8, 4) is 17.2 Å². The van der Waals surface area contributed by atoms with Gasteiger partial charge in [0.05, 0.1) is 32.4 Å². The SMILES string of the molecule is CCCOc1ccc(C2/C(=C(\O)c3c(OC)cccc3OC)C(=O)C(=O)N2CCC)cc1. The molecular weight excluding hydrogens is 410 g/mol. The van der Waals surface area contributed by atoms with E-state index in [0.717, 1.165) is 6.42 Å². The van der Waals surface area contributed by atoms with Gasteiger partial charge in [-0.2, -0.15) is 0 Å². The molecule has 1 fully saturated rings. The summed E-state index contributed by atoms with van der Waals surface area (Å²) in [6.07, 6.45) is 1.55. The van der Waals surface area contributed by atoms with Crippen LogP contribution in [0.5, 0.6) is 17.2 Å². The van der Waals surface area contributed by atoms with Gasteiger partial charge in [0.2, 0.25) is 0 Å².